The average Bonchev–Trinajstić information content (AvgIpc) is 2.96. The lowest BCUT2D eigenvalue weighted by atomic mass is 10.1. The van der Waals surface area contributed by atoms with Crippen LogP contribution in [0.25, 0.3) is 0 Å². The van der Waals surface area contributed by atoms with Gasteiger partial charge in [0.25, 0.3) is 0 Å². The molecule has 0 aromatic carbocycles. The molecule has 0 aliphatic carbocycles. The van der Waals surface area contributed by atoms with Gasteiger partial charge in [-0.3, -0.25) is 0 Å². The summed E-state index contributed by atoms with van der Waals surface area (Å²) >= 11 is 2.01. The summed E-state index contributed by atoms with van der Waals surface area (Å²) in [4.78, 5) is 0. The monoisotopic (exact) mass is 245 g/mol. The molecule has 2 aliphatic rings. The summed E-state index contributed by atoms with van der Waals surface area (Å²) < 4.78 is 10.9. The van der Waals surface area contributed by atoms with E-state index in [1.165, 1.54) is 30.8 Å². The van der Waals surface area contributed by atoms with Crippen molar-refractivity contribution in [2.45, 2.75) is 25.4 Å². The zero-order valence-corrected chi connectivity index (χ0v) is 10.8. The molecule has 0 radical (unpaired) electrons. The van der Waals surface area contributed by atoms with Gasteiger partial charge in [-0.25, -0.2) is 0 Å². The van der Waals surface area contributed by atoms with Crippen LogP contribution in [0.4, 0.5) is 0 Å². The van der Waals surface area contributed by atoms with Gasteiger partial charge in [-0.15, -0.1) is 0 Å². The predicted octanol–water partition coefficient (Wildman–Crippen LogP) is 1.52. The van der Waals surface area contributed by atoms with Crippen molar-refractivity contribution in [2.75, 3.05) is 44.4 Å². The summed E-state index contributed by atoms with van der Waals surface area (Å²) in [5.74, 6) is 3.13. The Morgan fingerprint density at radius 1 is 1.25 bits per heavy atom. The zero-order chi connectivity index (χ0) is 11.1. The van der Waals surface area contributed by atoms with Crippen molar-refractivity contribution >= 4 is 11.8 Å². The molecule has 2 atom stereocenters. The smallest absolute Gasteiger partial charge is 0.0666 e. The van der Waals surface area contributed by atoms with E-state index in [0.717, 1.165) is 38.8 Å². The molecule has 2 fully saturated rings. The topological polar surface area (TPSA) is 30.5 Å². The van der Waals surface area contributed by atoms with E-state index in [4.69, 9.17) is 9.47 Å². The lowest BCUT2D eigenvalue weighted by molar-refractivity contribution is 0.129. The first-order valence-corrected chi connectivity index (χ1v) is 7.58. The second kappa shape index (κ2) is 7.54. The molecule has 1 N–H and O–H groups in total. The van der Waals surface area contributed by atoms with Crippen LogP contribution >= 0.6 is 11.8 Å². The molecule has 0 spiro atoms. The minimum atomic E-state index is 0.535. The van der Waals surface area contributed by atoms with Crippen LogP contribution in [-0.2, 0) is 9.47 Å². The number of hydrogen-bond acceptors (Lipinski definition) is 4. The van der Waals surface area contributed by atoms with Crippen molar-refractivity contribution in [1.29, 1.82) is 0 Å². The van der Waals surface area contributed by atoms with Crippen LogP contribution in [0.15, 0.2) is 0 Å². The molecule has 2 rings (SSSR count). The first-order chi connectivity index (χ1) is 7.95. The van der Waals surface area contributed by atoms with Crippen molar-refractivity contribution in [3.63, 3.8) is 0 Å². The Labute approximate surface area is 103 Å². The Morgan fingerprint density at radius 2 is 2.25 bits per heavy atom. The Balaban J connectivity index is 1.37. The first kappa shape index (κ1) is 12.7. The molecule has 2 aliphatic heterocycles. The molecule has 2 saturated heterocycles. The molecule has 4 heteroatoms. The van der Waals surface area contributed by atoms with Gasteiger partial charge >= 0.3 is 0 Å². The number of ether oxygens (including phenoxy) is 2. The van der Waals surface area contributed by atoms with Crippen LogP contribution in [0.3, 0.4) is 0 Å². The lowest BCUT2D eigenvalue weighted by Crippen LogP contribution is -2.25. The van der Waals surface area contributed by atoms with Gasteiger partial charge in [-0.05, 0) is 25.2 Å². The Morgan fingerprint density at radius 3 is 3.00 bits per heavy atom. The lowest BCUT2D eigenvalue weighted by Gasteiger charge is -2.10. The minimum Gasteiger partial charge on any atom is -0.381 e. The molecule has 94 valence electrons. The van der Waals surface area contributed by atoms with Gasteiger partial charge in [0, 0.05) is 37.8 Å². The highest BCUT2D eigenvalue weighted by Crippen LogP contribution is 2.16. The van der Waals surface area contributed by atoms with E-state index in [0.29, 0.717) is 6.10 Å². The summed E-state index contributed by atoms with van der Waals surface area (Å²) in [5, 5.41) is 3.51. The summed E-state index contributed by atoms with van der Waals surface area (Å²) in [6.45, 7) is 5.13. The Bertz CT molecular complexity index is 160. The van der Waals surface area contributed by atoms with E-state index < -0.39 is 0 Å². The van der Waals surface area contributed by atoms with E-state index in [9.17, 15) is 0 Å². The van der Waals surface area contributed by atoms with Gasteiger partial charge in [0.15, 0.2) is 0 Å². The van der Waals surface area contributed by atoms with Crippen LogP contribution in [-0.4, -0.2) is 50.5 Å². The van der Waals surface area contributed by atoms with E-state index in [1.807, 2.05) is 11.8 Å². The zero-order valence-electron chi connectivity index (χ0n) is 9.95. The molecule has 3 nitrogen and oxygen atoms in total. The molecule has 16 heavy (non-hydrogen) atoms. The first-order valence-electron chi connectivity index (χ1n) is 6.43. The molecule has 0 aromatic heterocycles. The maximum absolute atomic E-state index is 5.58. The fourth-order valence-corrected chi connectivity index (χ4v) is 3.17. The van der Waals surface area contributed by atoms with Gasteiger partial charge in [0.05, 0.1) is 12.7 Å². The van der Waals surface area contributed by atoms with Gasteiger partial charge in [-0.1, -0.05) is 0 Å². The second-order valence-corrected chi connectivity index (χ2v) is 5.79. The summed E-state index contributed by atoms with van der Waals surface area (Å²) in [6.07, 6.45) is 4.29. The van der Waals surface area contributed by atoms with Crippen molar-refractivity contribution in [3.8, 4) is 0 Å². The van der Waals surface area contributed by atoms with E-state index in [2.05, 4.69) is 5.32 Å². The number of nitrogens with one attached hydrogen (secondary N) is 1. The maximum Gasteiger partial charge on any atom is 0.0666 e. The van der Waals surface area contributed by atoms with Crippen LogP contribution < -0.4 is 5.32 Å². The summed E-state index contributed by atoms with van der Waals surface area (Å²) in [6, 6.07) is 0. The highest BCUT2D eigenvalue weighted by molar-refractivity contribution is 7.99. The van der Waals surface area contributed by atoms with Gasteiger partial charge in [0.2, 0.25) is 0 Å². The molecule has 0 amide bonds. The van der Waals surface area contributed by atoms with Crippen molar-refractivity contribution < 1.29 is 9.47 Å². The van der Waals surface area contributed by atoms with Crippen molar-refractivity contribution in [3.05, 3.63) is 0 Å². The van der Waals surface area contributed by atoms with E-state index in [1.54, 1.807) is 0 Å². The van der Waals surface area contributed by atoms with Gasteiger partial charge < -0.3 is 14.8 Å². The quantitative estimate of drug-likeness (QED) is 0.689. The van der Waals surface area contributed by atoms with Crippen LogP contribution in [0.1, 0.15) is 19.3 Å². The van der Waals surface area contributed by atoms with Crippen LogP contribution in [0.2, 0.25) is 0 Å². The molecular formula is C12H23NO2S. The Kier molecular flexibility index (Phi) is 5.97. The summed E-state index contributed by atoms with van der Waals surface area (Å²) in [7, 11) is 0. The third kappa shape index (κ3) is 4.62. The average molecular weight is 245 g/mol. The second-order valence-electron chi connectivity index (χ2n) is 4.64. The highest BCUT2D eigenvalue weighted by Gasteiger charge is 2.15. The third-order valence-corrected chi connectivity index (χ3v) is 4.31. The maximum atomic E-state index is 5.58. The standard InChI is InChI=1S/C12H23NO2S/c1-2-12(15-5-1)10-16-7-4-13-8-11-3-6-14-9-11/h11-13H,1-10H2. The van der Waals surface area contributed by atoms with Crippen molar-refractivity contribution in [1.82, 2.24) is 5.32 Å². The fraction of sp³-hybridized carbons (Fsp3) is 1.00. The molecule has 0 saturated carbocycles. The number of hydrogen-bond donors (Lipinski definition) is 1. The normalized spacial score (nSPS) is 30.0. The SMILES string of the molecule is C1COC(CSCCNCC2CCOC2)C1. The minimum absolute atomic E-state index is 0.535. The summed E-state index contributed by atoms with van der Waals surface area (Å²) in [5.41, 5.74) is 0. The molecule has 0 aromatic rings. The van der Waals surface area contributed by atoms with Gasteiger partial charge in [0.1, 0.15) is 0 Å². The molecule has 2 heterocycles. The van der Waals surface area contributed by atoms with Crippen LogP contribution in [0, 0.1) is 5.92 Å². The predicted molar refractivity (Wildman–Crippen MR) is 68.1 cm³/mol. The molecule has 2 unspecified atom stereocenters. The number of rotatable bonds is 7. The highest BCUT2D eigenvalue weighted by atomic mass is 32.2. The molecule has 0 bridgehead atoms. The largest absolute Gasteiger partial charge is 0.381 e. The third-order valence-electron chi connectivity index (χ3n) is 3.21. The van der Waals surface area contributed by atoms with Crippen LogP contribution in [0.5, 0.6) is 0 Å². The van der Waals surface area contributed by atoms with E-state index in [-0.39, 0.29) is 0 Å². The Hall–Kier alpha value is 0.230. The number of thioether (sulfide) groups is 1. The van der Waals surface area contributed by atoms with E-state index >= 15 is 0 Å². The van der Waals surface area contributed by atoms with Crippen molar-refractivity contribution in [2.24, 2.45) is 5.92 Å². The molecular weight excluding hydrogens is 222 g/mol. The van der Waals surface area contributed by atoms with Gasteiger partial charge in [-0.2, -0.15) is 11.8 Å². The fourth-order valence-electron chi connectivity index (χ4n) is 2.19.